The Morgan fingerprint density at radius 1 is 1.23 bits per heavy atom. The van der Waals surface area contributed by atoms with Crippen molar-refractivity contribution in [2.45, 2.75) is 70.1 Å². The molecule has 138 valence electrons. The highest BCUT2D eigenvalue weighted by atomic mass is 16.2. The van der Waals surface area contributed by atoms with E-state index in [1.165, 1.54) is 6.42 Å². The molecule has 0 aromatic heterocycles. The summed E-state index contributed by atoms with van der Waals surface area (Å²) in [5.74, 6) is 0.290. The van der Waals surface area contributed by atoms with Crippen LogP contribution in [0, 0.1) is 0 Å². The Balaban J connectivity index is 1.63. The number of nitrogens with one attached hydrogen (secondary N) is 2. The van der Waals surface area contributed by atoms with Crippen molar-refractivity contribution in [1.82, 2.24) is 15.5 Å². The van der Waals surface area contributed by atoms with Gasteiger partial charge in [0.15, 0.2) is 6.04 Å². The second kappa shape index (κ2) is 6.41. The van der Waals surface area contributed by atoms with Crippen molar-refractivity contribution >= 4 is 23.3 Å². The van der Waals surface area contributed by atoms with E-state index in [9.17, 15) is 9.59 Å². The van der Waals surface area contributed by atoms with E-state index in [1.54, 1.807) is 0 Å². The molecule has 6 heteroatoms. The van der Waals surface area contributed by atoms with Gasteiger partial charge >= 0.3 is 0 Å². The minimum absolute atomic E-state index is 0.177. The first kappa shape index (κ1) is 17.1. The fourth-order valence-corrected chi connectivity index (χ4v) is 4.26. The summed E-state index contributed by atoms with van der Waals surface area (Å²) in [6.07, 6.45) is 5.49. The zero-order valence-corrected chi connectivity index (χ0v) is 15.4. The summed E-state index contributed by atoms with van der Waals surface area (Å²) >= 11 is 0. The molecule has 6 nitrogen and oxygen atoms in total. The van der Waals surface area contributed by atoms with Gasteiger partial charge in [0, 0.05) is 12.6 Å². The number of carbonyl (C=O) groups is 2. The monoisotopic (exact) mass is 354 g/mol. The normalized spacial score (nSPS) is 24.8. The lowest BCUT2D eigenvalue weighted by molar-refractivity contribution is -0.138. The van der Waals surface area contributed by atoms with Gasteiger partial charge in [0.2, 0.25) is 0 Å². The second-order valence-electron chi connectivity index (χ2n) is 8.05. The van der Waals surface area contributed by atoms with Gasteiger partial charge in [-0.15, -0.1) is 0 Å². The van der Waals surface area contributed by atoms with Crippen molar-refractivity contribution in [3.05, 3.63) is 29.8 Å². The SMILES string of the molecule is CC1(C)NC(=O)C(C(=O)NC2CCCCC2)N2Cc3ccccc3N=C21. The molecule has 0 radical (unpaired) electrons. The highest BCUT2D eigenvalue weighted by molar-refractivity contribution is 6.13. The zero-order valence-electron chi connectivity index (χ0n) is 15.4. The molecule has 0 spiro atoms. The third-order valence-electron chi connectivity index (χ3n) is 5.59. The van der Waals surface area contributed by atoms with Crippen LogP contribution >= 0.6 is 0 Å². The van der Waals surface area contributed by atoms with Gasteiger partial charge in [-0.1, -0.05) is 37.5 Å². The molecule has 1 saturated carbocycles. The van der Waals surface area contributed by atoms with E-state index in [1.807, 2.05) is 43.0 Å². The first-order valence-electron chi connectivity index (χ1n) is 9.52. The topological polar surface area (TPSA) is 73.8 Å². The number of fused-ring (bicyclic) bond motifs is 2. The van der Waals surface area contributed by atoms with Gasteiger partial charge in [-0.25, -0.2) is 4.99 Å². The number of amides is 2. The summed E-state index contributed by atoms with van der Waals surface area (Å²) in [6, 6.07) is 7.22. The van der Waals surface area contributed by atoms with Crippen LogP contribution in [-0.2, 0) is 16.1 Å². The molecule has 1 aromatic rings. The first-order valence-corrected chi connectivity index (χ1v) is 9.52. The maximum atomic E-state index is 13.0. The first-order chi connectivity index (χ1) is 12.5. The van der Waals surface area contributed by atoms with E-state index in [0.717, 1.165) is 42.8 Å². The number of benzene rings is 1. The van der Waals surface area contributed by atoms with Crippen LogP contribution in [0.5, 0.6) is 0 Å². The van der Waals surface area contributed by atoms with Crippen molar-refractivity contribution < 1.29 is 9.59 Å². The number of hydrogen-bond donors (Lipinski definition) is 2. The number of hydrogen-bond acceptors (Lipinski definition) is 4. The number of rotatable bonds is 2. The molecule has 2 heterocycles. The van der Waals surface area contributed by atoms with Crippen LogP contribution in [0.25, 0.3) is 0 Å². The van der Waals surface area contributed by atoms with Crippen molar-refractivity contribution in [1.29, 1.82) is 0 Å². The van der Waals surface area contributed by atoms with Crippen molar-refractivity contribution in [2.75, 3.05) is 0 Å². The highest BCUT2D eigenvalue weighted by Gasteiger charge is 2.48. The fraction of sp³-hybridized carbons (Fsp3) is 0.550. The number of piperazine rings is 1. The van der Waals surface area contributed by atoms with Gasteiger partial charge in [-0.3, -0.25) is 9.59 Å². The number of aliphatic imine (C=N–C) groups is 1. The summed E-state index contributed by atoms with van der Waals surface area (Å²) in [4.78, 5) is 32.4. The quantitative estimate of drug-likeness (QED) is 0.800. The second-order valence-corrected chi connectivity index (χ2v) is 8.05. The predicted molar refractivity (Wildman–Crippen MR) is 100 cm³/mol. The summed E-state index contributed by atoms with van der Waals surface area (Å²) < 4.78 is 0. The molecule has 4 rings (SSSR count). The van der Waals surface area contributed by atoms with Gasteiger partial charge in [0.25, 0.3) is 11.8 Å². The molecule has 2 aliphatic heterocycles. The summed E-state index contributed by atoms with van der Waals surface area (Å²) in [6.45, 7) is 4.38. The van der Waals surface area contributed by atoms with E-state index in [0.29, 0.717) is 6.54 Å². The zero-order chi connectivity index (χ0) is 18.3. The minimum Gasteiger partial charge on any atom is -0.351 e. The number of carbonyl (C=O) groups excluding carboxylic acids is 2. The van der Waals surface area contributed by atoms with Crippen molar-refractivity contribution in [2.24, 2.45) is 4.99 Å². The van der Waals surface area contributed by atoms with E-state index in [4.69, 9.17) is 4.99 Å². The lowest BCUT2D eigenvalue weighted by atomic mass is 9.92. The Kier molecular flexibility index (Phi) is 4.21. The molecule has 1 atom stereocenters. The molecular weight excluding hydrogens is 328 g/mol. The smallest absolute Gasteiger partial charge is 0.253 e. The van der Waals surface area contributed by atoms with Gasteiger partial charge in [-0.05, 0) is 38.3 Å². The lowest BCUT2D eigenvalue weighted by Crippen LogP contribution is -2.71. The molecule has 1 unspecified atom stereocenters. The molecule has 0 bridgehead atoms. The van der Waals surface area contributed by atoms with Crippen molar-refractivity contribution in [3.8, 4) is 0 Å². The molecular formula is C20H26N4O2. The summed E-state index contributed by atoms with van der Waals surface area (Å²) in [7, 11) is 0. The number of para-hydroxylation sites is 1. The van der Waals surface area contributed by atoms with Crippen LogP contribution in [0.1, 0.15) is 51.5 Å². The lowest BCUT2D eigenvalue weighted by Gasteiger charge is -2.47. The van der Waals surface area contributed by atoms with Crippen LogP contribution in [0.3, 0.4) is 0 Å². The van der Waals surface area contributed by atoms with E-state index in [2.05, 4.69) is 10.6 Å². The van der Waals surface area contributed by atoms with Gasteiger partial charge in [-0.2, -0.15) is 0 Å². The average Bonchev–Trinajstić information content (AvgIpc) is 2.61. The van der Waals surface area contributed by atoms with Gasteiger partial charge < -0.3 is 15.5 Å². The third-order valence-corrected chi connectivity index (χ3v) is 5.59. The molecule has 1 aliphatic carbocycles. The molecule has 1 saturated heterocycles. The number of nitrogens with zero attached hydrogens (tertiary/aromatic N) is 2. The van der Waals surface area contributed by atoms with Crippen LogP contribution in [0.2, 0.25) is 0 Å². The highest BCUT2D eigenvalue weighted by Crippen LogP contribution is 2.32. The largest absolute Gasteiger partial charge is 0.351 e. The van der Waals surface area contributed by atoms with Crippen molar-refractivity contribution in [3.63, 3.8) is 0 Å². The molecule has 3 aliphatic rings. The Morgan fingerprint density at radius 3 is 2.73 bits per heavy atom. The van der Waals surface area contributed by atoms with E-state index in [-0.39, 0.29) is 17.9 Å². The van der Waals surface area contributed by atoms with Crippen LogP contribution < -0.4 is 10.6 Å². The predicted octanol–water partition coefficient (Wildman–Crippen LogP) is 2.26. The summed E-state index contributed by atoms with van der Waals surface area (Å²) in [5, 5.41) is 6.09. The van der Waals surface area contributed by atoms with Crippen LogP contribution in [-0.4, -0.2) is 40.2 Å². The Morgan fingerprint density at radius 2 is 1.96 bits per heavy atom. The maximum Gasteiger partial charge on any atom is 0.253 e. The molecule has 1 aromatic carbocycles. The van der Waals surface area contributed by atoms with Crippen LogP contribution in [0.15, 0.2) is 29.3 Å². The molecule has 2 N–H and O–H groups in total. The Labute approximate surface area is 154 Å². The molecule has 26 heavy (non-hydrogen) atoms. The Hall–Kier alpha value is -2.37. The van der Waals surface area contributed by atoms with Gasteiger partial charge in [0.1, 0.15) is 5.84 Å². The fourth-order valence-electron chi connectivity index (χ4n) is 4.26. The number of amidine groups is 1. The third kappa shape index (κ3) is 2.97. The van der Waals surface area contributed by atoms with Crippen LogP contribution in [0.4, 0.5) is 5.69 Å². The molecule has 2 fully saturated rings. The minimum atomic E-state index is -0.864. The molecule has 2 amide bonds. The summed E-state index contributed by atoms with van der Waals surface area (Å²) in [5.41, 5.74) is 1.35. The standard InChI is InChI=1S/C20H26N4O2/c1-20(2)19-22-15-11-7-6-8-13(15)12-24(19)16(18(26)23-20)17(25)21-14-9-4-3-5-10-14/h6-8,11,14,16H,3-5,9-10,12H2,1-2H3,(H,21,25)(H,23,26). The maximum absolute atomic E-state index is 13.0. The Bertz CT molecular complexity index is 765. The van der Waals surface area contributed by atoms with Gasteiger partial charge in [0.05, 0.1) is 11.2 Å². The average molecular weight is 354 g/mol. The van der Waals surface area contributed by atoms with E-state index >= 15 is 0 Å². The van der Waals surface area contributed by atoms with E-state index < -0.39 is 11.6 Å².